The number of rotatable bonds is 7. The summed E-state index contributed by atoms with van der Waals surface area (Å²) in [6.07, 6.45) is 0.602. The highest BCUT2D eigenvalue weighted by Crippen LogP contribution is 2.25. The van der Waals surface area contributed by atoms with Crippen LogP contribution >= 0.6 is 0 Å². The van der Waals surface area contributed by atoms with Gasteiger partial charge in [-0.3, -0.25) is 9.59 Å². The number of nitrogens with one attached hydrogen (secondary N) is 1. The number of hydrogen-bond donors (Lipinski definition) is 1. The number of carbonyl (C=O) groups is 2. The third-order valence-corrected chi connectivity index (χ3v) is 5.31. The number of piperazine rings is 1. The van der Waals surface area contributed by atoms with E-state index in [9.17, 15) is 14.0 Å². The summed E-state index contributed by atoms with van der Waals surface area (Å²) in [7, 11) is 2.05. The van der Waals surface area contributed by atoms with Crippen LogP contribution in [0, 0.1) is 17.7 Å². The third kappa shape index (κ3) is 6.03. The second-order valence-corrected chi connectivity index (χ2v) is 8.59. The number of benzene rings is 1. The summed E-state index contributed by atoms with van der Waals surface area (Å²) in [5.74, 6) is -0.606. The van der Waals surface area contributed by atoms with Crippen LogP contribution in [-0.2, 0) is 9.59 Å². The van der Waals surface area contributed by atoms with Gasteiger partial charge < -0.3 is 15.1 Å². The van der Waals surface area contributed by atoms with E-state index in [0.717, 1.165) is 18.7 Å². The van der Waals surface area contributed by atoms with Crippen molar-refractivity contribution in [2.45, 2.75) is 46.1 Å². The van der Waals surface area contributed by atoms with Crippen molar-refractivity contribution in [2.75, 3.05) is 33.2 Å². The number of likely N-dealkylation sites (N-methyl/N-ethyl adjacent to an activating group) is 1. The van der Waals surface area contributed by atoms with Crippen molar-refractivity contribution in [1.82, 2.24) is 15.1 Å². The van der Waals surface area contributed by atoms with Crippen LogP contribution in [0.5, 0.6) is 0 Å². The molecule has 1 aliphatic rings. The van der Waals surface area contributed by atoms with E-state index in [1.54, 1.807) is 12.1 Å². The van der Waals surface area contributed by atoms with Crippen LogP contribution < -0.4 is 5.32 Å². The van der Waals surface area contributed by atoms with Crippen LogP contribution in [0.4, 0.5) is 4.39 Å². The Morgan fingerprint density at radius 1 is 1.04 bits per heavy atom. The SMILES string of the molecule is CC(C)C[C@@H](NC(=O)C(c1ccc(F)cc1)C(C)C)C(=O)N1CCN(C)CC1. The molecule has 0 aromatic heterocycles. The van der Waals surface area contributed by atoms with Crippen LogP contribution in [0.2, 0.25) is 0 Å². The second-order valence-electron chi connectivity index (χ2n) is 8.59. The Morgan fingerprint density at radius 2 is 1.61 bits per heavy atom. The third-order valence-electron chi connectivity index (χ3n) is 5.31. The molecule has 0 saturated carbocycles. The van der Waals surface area contributed by atoms with Gasteiger partial charge in [0.15, 0.2) is 0 Å². The lowest BCUT2D eigenvalue weighted by atomic mass is 9.87. The standard InChI is InChI=1S/C22H34FN3O2/c1-15(2)14-19(22(28)26-12-10-25(5)11-13-26)24-21(27)20(16(3)4)17-6-8-18(23)9-7-17/h6-9,15-16,19-20H,10-14H2,1-5H3,(H,24,27)/t19-,20?/m1/s1. The molecular formula is C22H34FN3O2. The fraction of sp³-hybridized carbons (Fsp3) is 0.636. The first-order valence-corrected chi connectivity index (χ1v) is 10.2. The minimum Gasteiger partial charge on any atom is -0.344 e. The Balaban J connectivity index is 2.15. The van der Waals surface area contributed by atoms with Crippen molar-refractivity contribution < 1.29 is 14.0 Å². The number of amides is 2. The Kier molecular flexibility index (Phi) is 7.98. The second kappa shape index (κ2) is 10.0. The summed E-state index contributed by atoms with van der Waals surface area (Å²) in [6, 6.07) is 5.52. The molecule has 156 valence electrons. The highest BCUT2D eigenvalue weighted by Gasteiger charge is 2.32. The van der Waals surface area contributed by atoms with Gasteiger partial charge in [-0.05, 0) is 43.0 Å². The first-order valence-electron chi connectivity index (χ1n) is 10.2. The van der Waals surface area contributed by atoms with Crippen LogP contribution in [-0.4, -0.2) is 60.9 Å². The summed E-state index contributed by atoms with van der Waals surface area (Å²) >= 11 is 0. The maximum Gasteiger partial charge on any atom is 0.245 e. The van der Waals surface area contributed by atoms with E-state index in [1.165, 1.54) is 12.1 Å². The molecule has 0 radical (unpaired) electrons. The first-order chi connectivity index (χ1) is 13.2. The first kappa shape index (κ1) is 22.3. The Labute approximate surface area is 168 Å². The van der Waals surface area contributed by atoms with Crippen molar-refractivity contribution in [3.63, 3.8) is 0 Å². The van der Waals surface area contributed by atoms with Crippen LogP contribution in [0.3, 0.4) is 0 Å². The molecule has 1 saturated heterocycles. The van der Waals surface area contributed by atoms with Gasteiger partial charge in [-0.1, -0.05) is 39.8 Å². The van der Waals surface area contributed by atoms with Crippen molar-refractivity contribution in [1.29, 1.82) is 0 Å². The van der Waals surface area contributed by atoms with Gasteiger partial charge in [0.2, 0.25) is 11.8 Å². The lowest BCUT2D eigenvalue weighted by Gasteiger charge is -2.35. The van der Waals surface area contributed by atoms with Gasteiger partial charge >= 0.3 is 0 Å². The Hall–Kier alpha value is -1.95. The summed E-state index contributed by atoms with van der Waals surface area (Å²) in [5, 5.41) is 3.01. The van der Waals surface area contributed by atoms with E-state index in [4.69, 9.17) is 0 Å². The van der Waals surface area contributed by atoms with Crippen molar-refractivity contribution >= 4 is 11.8 Å². The molecule has 1 aromatic carbocycles. The lowest BCUT2D eigenvalue weighted by Crippen LogP contribution is -2.55. The quantitative estimate of drug-likeness (QED) is 0.778. The monoisotopic (exact) mass is 391 g/mol. The number of hydrogen-bond acceptors (Lipinski definition) is 3. The zero-order valence-corrected chi connectivity index (χ0v) is 17.7. The molecule has 5 nitrogen and oxygen atoms in total. The summed E-state index contributed by atoms with van der Waals surface area (Å²) < 4.78 is 13.3. The minimum absolute atomic E-state index is 0.00300. The summed E-state index contributed by atoms with van der Waals surface area (Å²) in [4.78, 5) is 30.3. The van der Waals surface area contributed by atoms with Gasteiger partial charge in [-0.2, -0.15) is 0 Å². The molecule has 1 unspecified atom stereocenters. The maximum atomic E-state index is 13.3. The predicted octanol–water partition coefficient (Wildman–Crippen LogP) is 2.87. The molecule has 6 heteroatoms. The normalized spacial score (nSPS) is 17.6. The highest BCUT2D eigenvalue weighted by molar-refractivity contribution is 5.90. The zero-order chi connectivity index (χ0) is 20.8. The zero-order valence-electron chi connectivity index (χ0n) is 17.7. The fourth-order valence-corrected chi connectivity index (χ4v) is 3.71. The van der Waals surface area contributed by atoms with Gasteiger partial charge in [0, 0.05) is 26.2 Å². The van der Waals surface area contributed by atoms with Gasteiger partial charge in [0.25, 0.3) is 0 Å². The predicted molar refractivity (Wildman–Crippen MR) is 109 cm³/mol. The van der Waals surface area contributed by atoms with Gasteiger partial charge in [0.05, 0.1) is 5.92 Å². The number of halogens is 1. The molecule has 0 spiro atoms. The summed E-state index contributed by atoms with van der Waals surface area (Å²) in [5.41, 5.74) is 0.768. The van der Waals surface area contributed by atoms with Crippen molar-refractivity contribution in [3.05, 3.63) is 35.6 Å². The van der Waals surface area contributed by atoms with Crippen LogP contribution in [0.1, 0.15) is 45.6 Å². The fourth-order valence-electron chi connectivity index (χ4n) is 3.71. The molecule has 1 heterocycles. The molecule has 0 aliphatic carbocycles. The molecule has 1 aliphatic heterocycles. The lowest BCUT2D eigenvalue weighted by molar-refractivity contribution is -0.138. The van der Waals surface area contributed by atoms with Crippen LogP contribution in [0.15, 0.2) is 24.3 Å². The average molecular weight is 392 g/mol. The molecule has 1 aromatic rings. The van der Waals surface area contributed by atoms with E-state index < -0.39 is 12.0 Å². The maximum absolute atomic E-state index is 13.3. The number of carbonyl (C=O) groups excluding carboxylic acids is 2. The highest BCUT2D eigenvalue weighted by atomic mass is 19.1. The molecule has 2 amide bonds. The van der Waals surface area contributed by atoms with E-state index in [0.29, 0.717) is 19.5 Å². The minimum atomic E-state index is -0.530. The average Bonchev–Trinajstić information content (AvgIpc) is 2.62. The van der Waals surface area contributed by atoms with Gasteiger partial charge in [0.1, 0.15) is 11.9 Å². The molecule has 28 heavy (non-hydrogen) atoms. The van der Waals surface area contributed by atoms with Crippen molar-refractivity contribution in [3.8, 4) is 0 Å². The van der Waals surface area contributed by atoms with Gasteiger partial charge in [-0.15, -0.1) is 0 Å². The molecule has 0 bridgehead atoms. The Morgan fingerprint density at radius 3 is 2.11 bits per heavy atom. The molecule has 1 N–H and O–H groups in total. The number of nitrogens with zero attached hydrogens (tertiary/aromatic N) is 2. The van der Waals surface area contributed by atoms with Crippen molar-refractivity contribution in [2.24, 2.45) is 11.8 Å². The topological polar surface area (TPSA) is 52.7 Å². The molecule has 1 fully saturated rings. The van der Waals surface area contributed by atoms with Gasteiger partial charge in [-0.25, -0.2) is 4.39 Å². The molecule has 2 atom stereocenters. The van der Waals surface area contributed by atoms with E-state index in [2.05, 4.69) is 24.1 Å². The van der Waals surface area contributed by atoms with Crippen LogP contribution in [0.25, 0.3) is 0 Å². The largest absolute Gasteiger partial charge is 0.344 e. The molecular weight excluding hydrogens is 357 g/mol. The van der Waals surface area contributed by atoms with E-state index in [-0.39, 0.29) is 29.5 Å². The molecule has 2 rings (SSSR count). The smallest absolute Gasteiger partial charge is 0.245 e. The summed E-state index contributed by atoms with van der Waals surface area (Å²) in [6.45, 7) is 11.1. The van der Waals surface area contributed by atoms with E-state index >= 15 is 0 Å². The van der Waals surface area contributed by atoms with E-state index in [1.807, 2.05) is 25.8 Å². The Bertz CT molecular complexity index is 652.